The molecule has 0 saturated carbocycles. The SMILES string of the molecule is c1ccc(-c2ccc(N(c3ccc(-c4cccc5c4-c4ccccc4C54c5ccccc5-c5ccccc54)cc3)c3ccc4c5ccccc5c5ccccc5c4c3)cc2)cc1. The second-order valence-electron chi connectivity index (χ2n) is 16.7. The molecule has 2 aliphatic rings. The normalized spacial score (nSPS) is 13.0. The van der Waals surface area contributed by atoms with Crippen LogP contribution in [0.1, 0.15) is 22.3 Å². The van der Waals surface area contributed by atoms with Crippen LogP contribution in [0.2, 0.25) is 0 Å². The monoisotopic (exact) mass is 785 g/mol. The fourth-order valence-electron chi connectivity index (χ4n) is 11.1. The second kappa shape index (κ2) is 13.5. The molecule has 0 N–H and O–H groups in total. The lowest BCUT2D eigenvalue weighted by Gasteiger charge is -2.30. The van der Waals surface area contributed by atoms with Crippen LogP contribution in [-0.4, -0.2) is 0 Å². The first-order chi connectivity index (χ1) is 30.8. The number of hydrogen-bond donors (Lipinski definition) is 0. The van der Waals surface area contributed by atoms with Crippen LogP contribution in [0.25, 0.3) is 76.8 Å². The van der Waals surface area contributed by atoms with Crippen LogP contribution in [0.5, 0.6) is 0 Å². The molecule has 0 unspecified atom stereocenters. The molecule has 1 heteroatoms. The van der Waals surface area contributed by atoms with Crippen LogP contribution in [0, 0.1) is 0 Å². The Morgan fingerprint density at radius 2 is 0.645 bits per heavy atom. The summed E-state index contributed by atoms with van der Waals surface area (Å²) in [7, 11) is 0. The van der Waals surface area contributed by atoms with Crippen LogP contribution in [0.3, 0.4) is 0 Å². The van der Waals surface area contributed by atoms with Gasteiger partial charge in [-0.2, -0.15) is 0 Å². The fourth-order valence-corrected chi connectivity index (χ4v) is 11.1. The molecule has 288 valence electrons. The maximum absolute atomic E-state index is 2.41. The Kier molecular flexibility index (Phi) is 7.59. The lowest BCUT2D eigenvalue weighted by Crippen LogP contribution is -2.25. The van der Waals surface area contributed by atoms with Gasteiger partial charge in [-0.05, 0) is 135 Å². The van der Waals surface area contributed by atoms with Gasteiger partial charge in [-0.1, -0.05) is 200 Å². The Hall–Kier alpha value is -8.00. The molecule has 1 spiro atoms. The largest absolute Gasteiger partial charge is 0.310 e. The van der Waals surface area contributed by atoms with E-state index >= 15 is 0 Å². The molecule has 0 fully saturated rings. The summed E-state index contributed by atoms with van der Waals surface area (Å²) >= 11 is 0. The Morgan fingerprint density at radius 1 is 0.242 bits per heavy atom. The smallest absolute Gasteiger partial charge is 0.0725 e. The lowest BCUT2D eigenvalue weighted by molar-refractivity contribution is 0.794. The van der Waals surface area contributed by atoms with E-state index in [-0.39, 0.29) is 5.41 Å². The van der Waals surface area contributed by atoms with Crippen molar-refractivity contribution in [3.63, 3.8) is 0 Å². The summed E-state index contributed by atoms with van der Waals surface area (Å²) in [6.45, 7) is 0. The number of fused-ring (bicyclic) bond motifs is 16. The van der Waals surface area contributed by atoms with Gasteiger partial charge in [0.2, 0.25) is 0 Å². The minimum atomic E-state index is -0.372. The van der Waals surface area contributed by atoms with Gasteiger partial charge >= 0.3 is 0 Å². The molecule has 13 rings (SSSR count). The van der Waals surface area contributed by atoms with E-state index in [0.29, 0.717) is 0 Å². The van der Waals surface area contributed by atoms with Crippen LogP contribution < -0.4 is 4.90 Å². The van der Waals surface area contributed by atoms with Crippen molar-refractivity contribution in [2.75, 3.05) is 4.90 Å². The molecule has 11 aromatic rings. The van der Waals surface area contributed by atoms with Gasteiger partial charge in [0.1, 0.15) is 0 Å². The van der Waals surface area contributed by atoms with Crippen molar-refractivity contribution < 1.29 is 0 Å². The molecule has 0 saturated heterocycles. The topological polar surface area (TPSA) is 3.24 Å². The van der Waals surface area contributed by atoms with Crippen LogP contribution in [0.4, 0.5) is 17.1 Å². The Bertz CT molecular complexity index is 3480. The van der Waals surface area contributed by atoms with E-state index in [1.54, 1.807) is 0 Å². The summed E-state index contributed by atoms with van der Waals surface area (Å²) in [5.41, 5.74) is 18.6. The summed E-state index contributed by atoms with van der Waals surface area (Å²) in [6, 6.07) is 87.7. The van der Waals surface area contributed by atoms with E-state index in [0.717, 1.165) is 17.1 Å². The molecular formula is C61H39N. The van der Waals surface area contributed by atoms with Crippen molar-refractivity contribution in [2.24, 2.45) is 0 Å². The lowest BCUT2D eigenvalue weighted by atomic mass is 9.70. The van der Waals surface area contributed by atoms with Gasteiger partial charge in [0.25, 0.3) is 0 Å². The summed E-state index contributed by atoms with van der Waals surface area (Å²) in [5.74, 6) is 0. The molecule has 0 aliphatic heterocycles. The minimum absolute atomic E-state index is 0.372. The van der Waals surface area contributed by atoms with E-state index in [2.05, 4.69) is 241 Å². The van der Waals surface area contributed by atoms with E-state index in [9.17, 15) is 0 Å². The summed E-state index contributed by atoms with van der Waals surface area (Å²) in [4.78, 5) is 2.41. The molecule has 0 amide bonds. The van der Waals surface area contributed by atoms with Crippen molar-refractivity contribution in [3.8, 4) is 44.5 Å². The average Bonchev–Trinajstić information content (AvgIpc) is 3.83. The maximum Gasteiger partial charge on any atom is 0.0725 e. The molecule has 62 heavy (non-hydrogen) atoms. The van der Waals surface area contributed by atoms with Gasteiger partial charge in [0.15, 0.2) is 0 Å². The zero-order valence-corrected chi connectivity index (χ0v) is 34.0. The zero-order chi connectivity index (χ0) is 40.8. The second-order valence-corrected chi connectivity index (χ2v) is 16.7. The molecule has 0 heterocycles. The highest BCUT2D eigenvalue weighted by Crippen LogP contribution is 2.64. The maximum atomic E-state index is 2.41. The highest BCUT2D eigenvalue weighted by molar-refractivity contribution is 6.25. The summed E-state index contributed by atoms with van der Waals surface area (Å²) < 4.78 is 0. The zero-order valence-electron chi connectivity index (χ0n) is 34.0. The summed E-state index contributed by atoms with van der Waals surface area (Å²) in [6.07, 6.45) is 0. The fraction of sp³-hybridized carbons (Fsp3) is 0.0164. The Labute approximate surface area is 361 Å². The van der Waals surface area contributed by atoms with Crippen LogP contribution in [-0.2, 0) is 5.41 Å². The van der Waals surface area contributed by atoms with E-state index in [4.69, 9.17) is 0 Å². The Morgan fingerprint density at radius 3 is 1.24 bits per heavy atom. The van der Waals surface area contributed by atoms with Gasteiger partial charge in [-0.15, -0.1) is 0 Å². The molecule has 0 atom stereocenters. The van der Waals surface area contributed by atoms with E-state index < -0.39 is 0 Å². The number of rotatable bonds is 5. The molecule has 11 aromatic carbocycles. The summed E-state index contributed by atoms with van der Waals surface area (Å²) in [5, 5.41) is 7.62. The predicted molar refractivity (Wildman–Crippen MR) is 261 cm³/mol. The third-order valence-electron chi connectivity index (χ3n) is 13.7. The van der Waals surface area contributed by atoms with Gasteiger partial charge in [0, 0.05) is 17.1 Å². The van der Waals surface area contributed by atoms with E-state index in [1.807, 2.05) is 0 Å². The van der Waals surface area contributed by atoms with Gasteiger partial charge in [-0.25, -0.2) is 0 Å². The van der Waals surface area contributed by atoms with Crippen molar-refractivity contribution in [3.05, 3.63) is 259 Å². The number of anilines is 3. The van der Waals surface area contributed by atoms with Gasteiger partial charge in [0.05, 0.1) is 5.41 Å². The molecule has 0 aromatic heterocycles. The first-order valence-corrected chi connectivity index (χ1v) is 21.6. The highest BCUT2D eigenvalue weighted by atomic mass is 15.1. The molecule has 2 aliphatic carbocycles. The van der Waals surface area contributed by atoms with Crippen molar-refractivity contribution in [1.82, 2.24) is 0 Å². The number of benzene rings is 11. The van der Waals surface area contributed by atoms with Crippen molar-refractivity contribution in [2.45, 2.75) is 5.41 Å². The first-order valence-electron chi connectivity index (χ1n) is 21.6. The van der Waals surface area contributed by atoms with Crippen LogP contribution in [0.15, 0.2) is 237 Å². The van der Waals surface area contributed by atoms with Crippen molar-refractivity contribution in [1.29, 1.82) is 0 Å². The Balaban J connectivity index is 0.982. The number of nitrogens with zero attached hydrogens (tertiary/aromatic N) is 1. The molecule has 0 radical (unpaired) electrons. The molecule has 0 bridgehead atoms. The quantitative estimate of drug-likeness (QED) is 0.157. The standard InChI is InChI=1S/C61H39N/c1-2-15-40(16-3-1)41-29-33-43(34-30-41)62(45-37-38-51-49-19-5-4-17-47(49)48-18-6-7-20-50(48)55(51)39-45)44-35-31-42(32-36-44)46-24-14-28-59-60(46)54-23-10-13-27-58(54)61(59)56-25-11-8-21-52(56)53-22-9-12-26-57(53)61/h1-39H. The molecule has 1 nitrogen and oxygen atoms in total. The third kappa shape index (κ3) is 4.91. The molecular weight excluding hydrogens is 747 g/mol. The van der Waals surface area contributed by atoms with E-state index in [1.165, 1.54) is 99.1 Å². The van der Waals surface area contributed by atoms with Gasteiger partial charge < -0.3 is 4.90 Å². The minimum Gasteiger partial charge on any atom is -0.310 e. The average molecular weight is 786 g/mol. The first kappa shape index (κ1) is 34.8. The third-order valence-corrected chi connectivity index (χ3v) is 13.7. The van der Waals surface area contributed by atoms with Crippen molar-refractivity contribution >= 4 is 49.4 Å². The highest BCUT2D eigenvalue weighted by Gasteiger charge is 2.51. The predicted octanol–water partition coefficient (Wildman–Crippen LogP) is 16.3. The number of hydrogen-bond acceptors (Lipinski definition) is 1. The van der Waals surface area contributed by atoms with Gasteiger partial charge in [-0.3, -0.25) is 0 Å². The van der Waals surface area contributed by atoms with Crippen LogP contribution >= 0.6 is 0 Å².